The summed E-state index contributed by atoms with van der Waals surface area (Å²) in [5.41, 5.74) is 1.18. The molecule has 1 atom stereocenters. The first-order chi connectivity index (χ1) is 14.7. The highest BCUT2D eigenvalue weighted by Crippen LogP contribution is 2.20. The lowest BCUT2D eigenvalue weighted by Crippen LogP contribution is -2.51. The molecule has 0 aliphatic carbocycles. The monoisotopic (exact) mass is 447 g/mol. The van der Waals surface area contributed by atoms with Crippen LogP contribution in [0.5, 0.6) is 5.75 Å². The van der Waals surface area contributed by atoms with E-state index < -0.39 is 28.5 Å². The quantitative estimate of drug-likeness (QED) is 0.601. The highest BCUT2D eigenvalue weighted by molar-refractivity contribution is 7.92. The lowest BCUT2D eigenvalue weighted by atomic mass is 10.1. The number of sulfonamides is 1. The fraction of sp³-hybridized carbons (Fsp3) is 0.364. The number of benzene rings is 2. The van der Waals surface area contributed by atoms with Crippen LogP contribution < -0.4 is 14.4 Å². The van der Waals surface area contributed by atoms with E-state index >= 15 is 0 Å². The number of carbonyl (C=O) groups is 2. The number of carbonyl (C=O) groups excluding carboxylic acids is 2. The van der Waals surface area contributed by atoms with Crippen LogP contribution in [-0.2, 0) is 26.2 Å². The summed E-state index contributed by atoms with van der Waals surface area (Å²) in [7, 11) is -0.648. The van der Waals surface area contributed by atoms with Crippen molar-refractivity contribution in [2.75, 3.05) is 31.3 Å². The van der Waals surface area contributed by atoms with Gasteiger partial charge in [0, 0.05) is 13.6 Å². The minimum absolute atomic E-state index is 0.154. The van der Waals surface area contributed by atoms with E-state index in [-0.39, 0.29) is 12.5 Å². The normalized spacial score (nSPS) is 12.0. The number of nitrogens with zero attached hydrogens (tertiary/aromatic N) is 2. The molecule has 2 aromatic rings. The van der Waals surface area contributed by atoms with Crippen LogP contribution in [0.4, 0.5) is 5.69 Å². The molecule has 0 unspecified atom stereocenters. The number of methoxy groups -OCH3 is 1. The summed E-state index contributed by atoms with van der Waals surface area (Å²) in [6.45, 7) is 1.55. The van der Waals surface area contributed by atoms with Gasteiger partial charge in [0.05, 0.1) is 19.1 Å². The van der Waals surface area contributed by atoms with Crippen molar-refractivity contribution in [2.24, 2.45) is 0 Å². The molecule has 1 N–H and O–H groups in total. The zero-order valence-corrected chi connectivity index (χ0v) is 19.1. The van der Waals surface area contributed by atoms with E-state index in [0.29, 0.717) is 17.9 Å². The zero-order valence-electron chi connectivity index (χ0n) is 18.2. The maximum absolute atomic E-state index is 13.3. The summed E-state index contributed by atoms with van der Waals surface area (Å²) in [6, 6.07) is 14.8. The minimum Gasteiger partial charge on any atom is -0.497 e. The Morgan fingerprint density at radius 2 is 1.68 bits per heavy atom. The van der Waals surface area contributed by atoms with Gasteiger partial charge in [-0.2, -0.15) is 0 Å². The average molecular weight is 448 g/mol. The number of para-hydroxylation sites is 1. The average Bonchev–Trinajstić information content (AvgIpc) is 2.77. The second-order valence-corrected chi connectivity index (χ2v) is 8.92. The standard InChI is InChI=1S/C22H29N3O5S/c1-5-20(22(27)23-2)24(15-17-11-13-19(30-3)14-12-17)21(26)16-25(31(4,28)29)18-9-7-6-8-10-18/h6-14,20H,5,15-16H2,1-4H3,(H,23,27)/t20-/m1/s1. The van der Waals surface area contributed by atoms with Crippen molar-refractivity contribution >= 4 is 27.5 Å². The van der Waals surface area contributed by atoms with Crippen LogP contribution in [-0.4, -0.2) is 58.1 Å². The third kappa shape index (κ3) is 6.45. The Bertz CT molecular complexity index is 978. The number of ether oxygens (including phenoxy) is 1. The molecule has 0 aliphatic heterocycles. The predicted molar refractivity (Wildman–Crippen MR) is 120 cm³/mol. The molecule has 0 bridgehead atoms. The van der Waals surface area contributed by atoms with Gasteiger partial charge in [-0.15, -0.1) is 0 Å². The van der Waals surface area contributed by atoms with Gasteiger partial charge in [0.2, 0.25) is 21.8 Å². The van der Waals surface area contributed by atoms with Gasteiger partial charge in [0.15, 0.2) is 0 Å². The van der Waals surface area contributed by atoms with Crippen LogP contribution in [0.3, 0.4) is 0 Å². The molecule has 0 fully saturated rings. The topological polar surface area (TPSA) is 96.0 Å². The predicted octanol–water partition coefficient (Wildman–Crippen LogP) is 2.01. The molecule has 2 aromatic carbocycles. The lowest BCUT2D eigenvalue weighted by molar-refractivity contribution is -0.140. The molecule has 9 heteroatoms. The number of amides is 2. The van der Waals surface area contributed by atoms with Gasteiger partial charge in [0.1, 0.15) is 18.3 Å². The fourth-order valence-electron chi connectivity index (χ4n) is 3.22. The van der Waals surface area contributed by atoms with E-state index in [9.17, 15) is 18.0 Å². The molecule has 0 aromatic heterocycles. The van der Waals surface area contributed by atoms with Gasteiger partial charge in [-0.1, -0.05) is 37.3 Å². The van der Waals surface area contributed by atoms with Crippen molar-refractivity contribution in [3.05, 3.63) is 60.2 Å². The van der Waals surface area contributed by atoms with Gasteiger partial charge in [-0.3, -0.25) is 13.9 Å². The van der Waals surface area contributed by atoms with E-state index in [1.54, 1.807) is 68.6 Å². The van der Waals surface area contributed by atoms with Gasteiger partial charge >= 0.3 is 0 Å². The van der Waals surface area contributed by atoms with E-state index in [1.807, 2.05) is 0 Å². The first kappa shape index (κ1) is 24.2. The van der Waals surface area contributed by atoms with Crippen LogP contribution in [0.15, 0.2) is 54.6 Å². The smallest absolute Gasteiger partial charge is 0.244 e. The van der Waals surface area contributed by atoms with Gasteiger partial charge in [-0.25, -0.2) is 8.42 Å². The molecule has 2 rings (SSSR count). The Kier molecular flexibility index (Phi) is 8.44. The molecule has 8 nitrogen and oxygen atoms in total. The van der Waals surface area contributed by atoms with Crippen LogP contribution in [0.1, 0.15) is 18.9 Å². The second kappa shape index (κ2) is 10.8. The van der Waals surface area contributed by atoms with Crippen molar-refractivity contribution in [1.29, 1.82) is 0 Å². The molecule has 0 aliphatic rings. The number of hydrogen-bond acceptors (Lipinski definition) is 5. The van der Waals surface area contributed by atoms with Crippen LogP contribution in [0.2, 0.25) is 0 Å². The number of rotatable bonds is 10. The number of likely N-dealkylation sites (N-methyl/N-ethyl adjacent to an activating group) is 1. The molecule has 31 heavy (non-hydrogen) atoms. The molecule has 0 heterocycles. The Balaban J connectivity index is 2.38. The van der Waals surface area contributed by atoms with Crippen LogP contribution in [0.25, 0.3) is 0 Å². The molecular weight excluding hydrogens is 418 g/mol. The maximum Gasteiger partial charge on any atom is 0.244 e. The summed E-state index contributed by atoms with van der Waals surface area (Å²) >= 11 is 0. The fourth-order valence-corrected chi connectivity index (χ4v) is 4.07. The highest BCUT2D eigenvalue weighted by Gasteiger charge is 2.31. The van der Waals surface area contributed by atoms with Crippen molar-refractivity contribution in [3.8, 4) is 5.75 Å². The third-order valence-electron chi connectivity index (χ3n) is 4.87. The van der Waals surface area contributed by atoms with Gasteiger partial charge in [-0.05, 0) is 36.2 Å². The highest BCUT2D eigenvalue weighted by atomic mass is 32.2. The molecule has 0 spiro atoms. The van der Waals surface area contributed by atoms with E-state index in [4.69, 9.17) is 4.74 Å². The van der Waals surface area contributed by atoms with Crippen molar-refractivity contribution < 1.29 is 22.7 Å². The summed E-state index contributed by atoms with van der Waals surface area (Å²) in [5, 5.41) is 2.59. The largest absolute Gasteiger partial charge is 0.497 e. The summed E-state index contributed by atoms with van der Waals surface area (Å²) in [5.74, 6) is -0.108. The van der Waals surface area contributed by atoms with Crippen LogP contribution >= 0.6 is 0 Å². The van der Waals surface area contributed by atoms with Crippen molar-refractivity contribution in [1.82, 2.24) is 10.2 Å². The van der Waals surface area contributed by atoms with Crippen LogP contribution in [0, 0.1) is 0 Å². The van der Waals surface area contributed by atoms with Gasteiger partial charge < -0.3 is 15.0 Å². The summed E-state index contributed by atoms with van der Waals surface area (Å²) in [6.07, 6.45) is 1.43. The molecular formula is C22H29N3O5S. The Labute approximate surface area is 183 Å². The Hall–Kier alpha value is -3.07. The molecule has 168 valence electrons. The third-order valence-corrected chi connectivity index (χ3v) is 6.01. The van der Waals surface area contributed by atoms with Crippen molar-refractivity contribution in [3.63, 3.8) is 0 Å². The molecule has 0 saturated carbocycles. The SMILES string of the molecule is CC[C@H](C(=O)NC)N(Cc1ccc(OC)cc1)C(=O)CN(c1ccccc1)S(C)(=O)=O. The number of hydrogen-bond donors (Lipinski definition) is 1. The number of anilines is 1. The molecule has 2 amide bonds. The summed E-state index contributed by atoms with van der Waals surface area (Å²) < 4.78 is 31.0. The maximum atomic E-state index is 13.3. The van der Waals surface area contributed by atoms with Gasteiger partial charge in [0.25, 0.3) is 0 Å². The second-order valence-electron chi connectivity index (χ2n) is 7.01. The minimum atomic E-state index is -3.72. The molecule has 0 saturated heterocycles. The zero-order chi connectivity index (χ0) is 23.0. The Morgan fingerprint density at radius 3 is 2.16 bits per heavy atom. The molecule has 0 radical (unpaired) electrons. The summed E-state index contributed by atoms with van der Waals surface area (Å²) in [4.78, 5) is 27.2. The first-order valence-corrected chi connectivity index (χ1v) is 11.7. The van der Waals surface area contributed by atoms with E-state index in [1.165, 1.54) is 11.9 Å². The van der Waals surface area contributed by atoms with E-state index in [2.05, 4.69) is 5.32 Å². The number of nitrogens with one attached hydrogen (secondary N) is 1. The first-order valence-electron chi connectivity index (χ1n) is 9.88. The van der Waals surface area contributed by atoms with Crippen molar-refractivity contribution in [2.45, 2.75) is 25.9 Å². The van der Waals surface area contributed by atoms with E-state index in [0.717, 1.165) is 16.1 Å². The Morgan fingerprint density at radius 1 is 1.06 bits per heavy atom. The lowest BCUT2D eigenvalue weighted by Gasteiger charge is -2.32.